The van der Waals surface area contributed by atoms with Gasteiger partial charge in [0.2, 0.25) is 11.8 Å². The number of carbonyl (C=O) groups is 2. The zero-order valence-electron chi connectivity index (χ0n) is 13.7. The highest BCUT2D eigenvalue weighted by Crippen LogP contribution is 2.27. The van der Waals surface area contributed by atoms with Crippen LogP contribution in [0.2, 0.25) is 0 Å². The molecule has 2 rings (SSSR count). The van der Waals surface area contributed by atoms with Gasteiger partial charge in [0.15, 0.2) is 9.84 Å². The largest absolute Gasteiger partial charge is 0.354 e. The molecule has 1 saturated heterocycles. The molecule has 1 aromatic rings. The molecule has 1 fully saturated rings. The molecule has 2 amide bonds. The molecule has 0 saturated carbocycles. The first-order valence-corrected chi connectivity index (χ1v) is 9.66. The van der Waals surface area contributed by atoms with Crippen molar-refractivity contribution in [2.75, 3.05) is 12.3 Å². The summed E-state index contributed by atoms with van der Waals surface area (Å²) in [6.45, 7) is 1.63. The summed E-state index contributed by atoms with van der Waals surface area (Å²) >= 11 is 0. The Kier molecular flexibility index (Phi) is 6.10. The van der Waals surface area contributed by atoms with Crippen LogP contribution in [0.3, 0.4) is 0 Å². The summed E-state index contributed by atoms with van der Waals surface area (Å²) < 4.78 is 52.2. The fourth-order valence-corrected chi connectivity index (χ4v) is 3.98. The third-order valence-electron chi connectivity index (χ3n) is 4.15. The molecule has 1 heterocycles. The van der Waals surface area contributed by atoms with E-state index in [2.05, 4.69) is 10.6 Å². The van der Waals surface area contributed by atoms with Gasteiger partial charge in [-0.2, -0.15) is 0 Å². The van der Waals surface area contributed by atoms with Gasteiger partial charge in [0.25, 0.3) is 0 Å². The van der Waals surface area contributed by atoms with E-state index in [4.69, 9.17) is 0 Å². The number of rotatable bonds is 5. The highest BCUT2D eigenvalue weighted by Gasteiger charge is 2.31. The molecule has 1 aliphatic heterocycles. The number of hydrogen-bond acceptors (Lipinski definition) is 4. The standard InChI is InChI=1S/C16H20F2N2O4S/c1-10(15-11(17)5-4-6-12(15)18)25(23,24)9-14(21)20-13-7-2-3-8-19-16(13)22/h4-6,10,13H,2-3,7-9H2,1H3,(H,19,22)(H,20,21)/t10-,13+/m0/s1. The van der Waals surface area contributed by atoms with E-state index in [0.29, 0.717) is 19.4 Å². The molecule has 0 aliphatic carbocycles. The minimum Gasteiger partial charge on any atom is -0.354 e. The molecule has 2 atom stereocenters. The van der Waals surface area contributed by atoms with Gasteiger partial charge in [-0.15, -0.1) is 0 Å². The maximum absolute atomic E-state index is 13.8. The monoisotopic (exact) mass is 374 g/mol. The molecular weight excluding hydrogens is 354 g/mol. The lowest BCUT2D eigenvalue weighted by Gasteiger charge is -2.17. The van der Waals surface area contributed by atoms with Crippen LogP contribution in [-0.2, 0) is 19.4 Å². The topological polar surface area (TPSA) is 92.3 Å². The Morgan fingerprint density at radius 3 is 2.60 bits per heavy atom. The second-order valence-electron chi connectivity index (χ2n) is 5.99. The van der Waals surface area contributed by atoms with E-state index in [1.807, 2.05) is 0 Å². The van der Waals surface area contributed by atoms with Gasteiger partial charge in [0.05, 0.1) is 5.25 Å². The Morgan fingerprint density at radius 2 is 1.96 bits per heavy atom. The third-order valence-corrected chi connectivity index (χ3v) is 6.13. The average Bonchev–Trinajstić information content (AvgIpc) is 2.71. The van der Waals surface area contributed by atoms with E-state index in [1.165, 1.54) is 0 Å². The lowest BCUT2D eigenvalue weighted by Crippen LogP contribution is -2.47. The van der Waals surface area contributed by atoms with Gasteiger partial charge in [0.1, 0.15) is 23.4 Å². The molecule has 1 aliphatic rings. The molecule has 2 N–H and O–H groups in total. The summed E-state index contributed by atoms with van der Waals surface area (Å²) in [5, 5.41) is 3.48. The molecule has 0 radical (unpaired) electrons. The third kappa shape index (κ3) is 4.75. The van der Waals surface area contributed by atoms with Crippen LogP contribution in [0.5, 0.6) is 0 Å². The minimum absolute atomic E-state index is 0.364. The second kappa shape index (κ2) is 7.90. The van der Waals surface area contributed by atoms with Gasteiger partial charge < -0.3 is 10.6 Å². The van der Waals surface area contributed by atoms with Gasteiger partial charge in [-0.05, 0) is 38.3 Å². The maximum Gasteiger partial charge on any atom is 0.242 e. The van der Waals surface area contributed by atoms with Crippen molar-refractivity contribution < 1.29 is 26.8 Å². The van der Waals surface area contributed by atoms with Crippen LogP contribution in [0.4, 0.5) is 8.78 Å². The fourth-order valence-electron chi connectivity index (χ4n) is 2.70. The van der Waals surface area contributed by atoms with Gasteiger partial charge in [0, 0.05) is 12.1 Å². The highest BCUT2D eigenvalue weighted by molar-refractivity contribution is 7.92. The summed E-state index contributed by atoms with van der Waals surface area (Å²) in [5.74, 6) is -4.16. The smallest absolute Gasteiger partial charge is 0.242 e. The zero-order valence-corrected chi connectivity index (χ0v) is 14.5. The summed E-state index contributed by atoms with van der Waals surface area (Å²) in [7, 11) is -4.16. The van der Waals surface area contributed by atoms with Crippen LogP contribution in [0.1, 0.15) is 37.0 Å². The second-order valence-corrected chi connectivity index (χ2v) is 8.31. The van der Waals surface area contributed by atoms with E-state index in [9.17, 15) is 26.8 Å². The molecule has 1 aromatic carbocycles. The van der Waals surface area contributed by atoms with Gasteiger partial charge in [-0.25, -0.2) is 17.2 Å². The summed E-state index contributed by atoms with van der Waals surface area (Å²) in [6.07, 6.45) is 1.91. The molecule has 0 spiro atoms. The summed E-state index contributed by atoms with van der Waals surface area (Å²) in [4.78, 5) is 23.8. The van der Waals surface area contributed by atoms with Gasteiger partial charge >= 0.3 is 0 Å². The SMILES string of the molecule is C[C@@H](c1c(F)cccc1F)S(=O)(=O)CC(=O)N[C@@H]1CCCCNC1=O. The van der Waals surface area contributed by atoms with Gasteiger partial charge in [-0.1, -0.05) is 6.07 Å². The van der Waals surface area contributed by atoms with Crippen molar-refractivity contribution in [1.29, 1.82) is 0 Å². The van der Waals surface area contributed by atoms with Crippen molar-refractivity contribution in [3.63, 3.8) is 0 Å². The van der Waals surface area contributed by atoms with Gasteiger partial charge in [-0.3, -0.25) is 9.59 Å². The lowest BCUT2D eigenvalue weighted by atomic mass is 10.1. The van der Waals surface area contributed by atoms with Crippen molar-refractivity contribution in [3.05, 3.63) is 35.4 Å². The molecule has 0 bridgehead atoms. The Bertz CT molecular complexity index is 747. The van der Waals surface area contributed by atoms with E-state index >= 15 is 0 Å². The number of nitrogens with one attached hydrogen (secondary N) is 2. The Balaban J connectivity index is 2.09. The number of halogens is 2. The van der Waals surface area contributed by atoms with E-state index in [0.717, 1.165) is 31.5 Å². The van der Waals surface area contributed by atoms with Crippen molar-refractivity contribution in [3.8, 4) is 0 Å². The van der Waals surface area contributed by atoms with Crippen LogP contribution in [0.25, 0.3) is 0 Å². The number of sulfone groups is 1. The Hall–Kier alpha value is -2.03. The predicted molar refractivity (Wildman–Crippen MR) is 87.4 cm³/mol. The van der Waals surface area contributed by atoms with Crippen LogP contribution in [-0.4, -0.2) is 38.6 Å². The molecule has 6 nitrogen and oxygen atoms in total. The molecule has 0 unspecified atom stereocenters. The lowest BCUT2D eigenvalue weighted by molar-refractivity contribution is -0.127. The minimum atomic E-state index is -4.16. The average molecular weight is 374 g/mol. The first-order chi connectivity index (χ1) is 11.7. The fraction of sp³-hybridized carbons (Fsp3) is 0.500. The molecule has 138 valence electrons. The first-order valence-electron chi connectivity index (χ1n) is 7.95. The molecular formula is C16H20F2N2O4S. The highest BCUT2D eigenvalue weighted by atomic mass is 32.2. The van der Waals surface area contributed by atoms with Crippen LogP contribution < -0.4 is 10.6 Å². The van der Waals surface area contributed by atoms with Crippen molar-refractivity contribution in [2.24, 2.45) is 0 Å². The Morgan fingerprint density at radius 1 is 1.32 bits per heavy atom. The van der Waals surface area contributed by atoms with Crippen molar-refractivity contribution >= 4 is 21.7 Å². The number of carbonyl (C=O) groups excluding carboxylic acids is 2. The summed E-state index contributed by atoms with van der Waals surface area (Å²) in [6, 6.07) is 2.25. The number of benzene rings is 1. The molecule has 9 heteroatoms. The number of hydrogen-bond donors (Lipinski definition) is 2. The zero-order chi connectivity index (χ0) is 18.6. The Labute approximate surface area is 144 Å². The quantitative estimate of drug-likeness (QED) is 0.811. The van der Waals surface area contributed by atoms with Crippen LogP contribution in [0, 0.1) is 11.6 Å². The van der Waals surface area contributed by atoms with Crippen LogP contribution in [0.15, 0.2) is 18.2 Å². The summed E-state index contributed by atoms with van der Waals surface area (Å²) in [5.41, 5.74) is -0.595. The van der Waals surface area contributed by atoms with Crippen molar-refractivity contribution in [1.82, 2.24) is 10.6 Å². The normalized spacial score (nSPS) is 19.6. The van der Waals surface area contributed by atoms with E-state index < -0.39 is 50.0 Å². The van der Waals surface area contributed by atoms with E-state index in [-0.39, 0.29) is 5.91 Å². The molecule has 25 heavy (non-hydrogen) atoms. The maximum atomic E-state index is 13.8. The molecule has 0 aromatic heterocycles. The van der Waals surface area contributed by atoms with Crippen molar-refractivity contribution in [2.45, 2.75) is 37.5 Å². The predicted octanol–water partition coefficient (Wildman–Crippen LogP) is 1.23. The first kappa shape index (κ1) is 19.3. The number of amides is 2. The van der Waals surface area contributed by atoms with E-state index in [1.54, 1.807) is 0 Å². The van der Waals surface area contributed by atoms with Crippen LogP contribution >= 0.6 is 0 Å².